The number of nitrogens with zero attached hydrogens (tertiary/aromatic N) is 5. The van der Waals surface area contributed by atoms with Gasteiger partial charge in [-0.25, -0.2) is 22.8 Å². The monoisotopic (exact) mass is 599 g/mol. The molecule has 2 fully saturated rings. The van der Waals surface area contributed by atoms with Crippen molar-refractivity contribution in [2.24, 2.45) is 5.92 Å². The summed E-state index contributed by atoms with van der Waals surface area (Å²) in [7, 11) is -1.18. The van der Waals surface area contributed by atoms with Crippen LogP contribution in [0.2, 0.25) is 0 Å². The van der Waals surface area contributed by atoms with Crippen LogP contribution in [0.1, 0.15) is 38.7 Å². The zero-order chi connectivity index (χ0) is 30.0. The van der Waals surface area contributed by atoms with E-state index in [1.165, 1.54) is 11.8 Å². The van der Waals surface area contributed by atoms with E-state index in [0.717, 1.165) is 16.5 Å². The Balaban J connectivity index is 1.33. The number of pyridine rings is 1. The molecule has 2 N–H and O–H groups in total. The second-order valence-electron chi connectivity index (χ2n) is 11.8. The summed E-state index contributed by atoms with van der Waals surface area (Å²) in [6.07, 6.45) is 3.90. The van der Waals surface area contributed by atoms with Crippen molar-refractivity contribution in [3.8, 4) is 0 Å². The van der Waals surface area contributed by atoms with E-state index in [-0.39, 0.29) is 24.3 Å². The molecule has 2 aliphatic heterocycles. The van der Waals surface area contributed by atoms with Gasteiger partial charge in [-0.2, -0.15) is 4.98 Å². The summed E-state index contributed by atoms with van der Waals surface area (Å²) >= 11 is 0. The van der Waals surface area contributed by atoms with Gasteiger partial charge in [-0.15, -0.1) is 0 Å². The van der Waals surface area contributed by atoms with Crippen molar-refractivity contribution >= 4 is 43.9 Å². The predicted octanol–water partition coefficient (Wildman–Crippen LogP) is 3.91. The summed E-state index contributed by atoms with van der Waals surface area (Å²) in [6, 6.07) is 8.23. The quantitative estimate of drug-likeness (QED) is 0.315. The molecule has 2 aromatic heterocycles. The van der Waals surface area contributed by atoms with E-state index in [9.17, 15) is 12.8 Å². The van der Waals surface area contributed by atoms with Crippen LogP contribution in [0.5, 0.6) is 0 Å². The van der Waals surface area contributed by atoms with Gasteiger partial charge in [0.15, 0.2) is 0 Å². The lowest BCUT2D eigenvalue weighted by atomic mass is 9.88. The fourth-order valence-corrected chi connectivity index (χ4v) is 7.08. The van der Waals surface area contributed by atoms with Gasteiger partial charge in [-0.3, -0.25) is 0 Å². The summed E-state index contributed by atoms with van der Waals surface area (Å²) in [4.78, 5) is 17.9. The van der Waals surface area contributed by atoms with E-state index in [0.29, 0.717) is 56.2 Å². The number of hydrogen-bond acceptors (Lipinski definition) is 10. The summed E-state index contributed by atoms with van der Waals surface area (Å²) in [5, 5.41) is 8.46. The Kier molecular flexibility index (Phi) is 9.14. The fraction of sp³-hybridized carbons (Fsp3) is 0.567. The molecule has 5 rings (SSSR count). The standard InChI is InChI=1S/C30H42FN7O3S/c1-19(2)22-6-7-26(38-16-21(20(38)3)18-42(5,39)40)24-15-34-29(14-23(22)24)35-28-8-10-33-30(36-28)37-12-9-27(25(31)17-37)41-13-11-32-4/h6-8,10,14-15,19-21,25,27,32H,9,11-13,16-18H2,1-5H3,(H,33,34,35,36)/t20-,21-,25-,27+/m1/s1. The van der Waals surface area contributed by atoms with E-state index < -0.39 is 22.1 Å². The van der Waals surface area contributed by atoms with Gasteiger partial charge in [0.25, 0.3) is 0 Å². The number of nitrogens with one attached hydrogen (secondary N) is 2. The Labute approximate surface area is 248 Å². The van der Waals surface area contributed by atoms with Crippen LogP contribution in [-0.2, 0) is 14.6 Å². The zero-order valence-corrected chi connectivity index (χ0v) is 25.9. The topological polar surface area (TPSA) is 113 Å². The Morgan fingerprint density at radius 2 is 1.95 bits per heavy atom. The third kappa shape index (κ3) is 6.76. The number of aromatic nitrogens is 3. The minimum absolute atomic E-state index is 0.116. The number of benzene rings is 1. The Morgan fingerprint density at radius 3 is 2.64 bits per heavy atom. The van der Waals surface area contributed by atoms with Gasteiger partial charge in [0, 0.05) is 61.3 Å². The van der Waals surface area contributed by atoms with Crippen molar-refractivity contribution in [3.05, 3.63) is 42.2 Å². The van der Waals surface area contributed by atoms with Gasteiger partial charge in [0.05, 0.1) is 25.0 Å². The number of alkyl halides is 1. The van der Waals surface area contributed by atoms with Gasteiger partial charge in [-0.1, -0.05) is 19.9 Å². The molecule has 0 spiro atoms. The van der Waals surface area contributed by atoms with E-state index in [1.807, 2.05) is 24.2 Å². The highest BCUT2D eigenvalue weighted by atomic mass is 32.2. The number of piperidine rings is 1. The second-order valence-corrected chi connectivity index (χ2v) is 14.0. The Hall–Kier alpha value is -3.09. The van der Waals surface area contributed by atoms with Gasteiger partial charge in [0.1, 0.15) is 27.6 Å². The molecule has 0 amide bonds. The van der Waals surface area contributed by atoms with Gasteiger partial charge in [0.2, 0.25) is 5.95 Å². The zero-order valence-electron chi connectivity index (χ0n) is 25.0. The summed E-state index contributed by atoms with van der Waals surface area (Å²) < 4.78 is 44.3. The number of anilines is 4. The van der Waals surface area contributed by atoms with Crippen LogP contribution >= 0.6 is 0 Å². The maximum Gasteiger partial charge on any atom is 0.227 e. The maximum atomic E-state index is 14.8. The first kappa shape index (κ1) is 30.4. The van der Waals surface area contributed by atoms with Crippen molar-refractivity contribution in [3.63, 3.8) is 0 Å². The molecular formula is C30H42FN7O3S. The molecule has 228 valence electrons. The number of halogens is 1. The van der Waals surface area contributed by atoms with Crippen LogP contribution in [0.25, 0.3) is 10.8 Å². The molecule has 3 aromatic rings. The highest BCUT2D eigenvalue weighted by molar-refractivity contribution is 7.90. The summed E-state index contributed by atoms with van der Waals surface area (Å²) in [6.45, 7) is 9.09. The van der Waals surface area contributed by atoms with Gasteiger partial charge >= 0.3 is 0 Å². The molecule has 42 heavy (non-hydrogen) atoms. The van der Waals surface area contributed by atoms with Crippen molar-refractivity contribution in [2.75, 3.05) is 67.0 Å². The first-order chi connectivity index (χ1) is 20.0. The number of likely N-dealkylation sites (N-methyl/N-ethyl adjacent to an activating group) is 1. The minimum Gasteiger partial charge on any atom is -0.374 e. The number of sulfone groups is 1. The maximum absolute atomic E-state index is 14.8. The predicted molar refractivity (Wildman–Crippen MR) is 167 cm³/mol. The van der Waals surface area contributed by atoms with E-state index in [2.05, 4.69) is 58.4 Å². The molecule has 10 nitrogen and oxygen atoms in total. The lowest BCUT2D eigenvalue weighted by Gasteiger charge is -2.48. The lowest BCUT2D eigenvalue weighted by Crippen LogP contribution is -2.57. The van der Waals surface area contributed by atoms with Crippen LogP contribution in [0.15, 0.2) is 36.7 Å². The molecule has 0 unspecified atom stereocenters. The number of fused-ring (bicyclic) bond motifs is 1. The third-order valence-electron chi connectivity index (χ3n) is 8.31. The van der Waals surface area contributed by atoms with E-state index in [1.54, 1.807) is 12.3 Å². The van der Waals surface area contributed by atoms with Crippen LogP contribution in [0.4, 0.5) is 27.7 Å². The fourth-order valence-electron chi connectivity index (χ4n) is 5.92. The molecule has 0 saturated carbocycles. The molecule has 0 aliphatic carbocycles. The smallest absolute Gasteiger partial charge is 0.227 e. The number of ether oxygens (including phenoxy) is 1. The average molecular weight is 600 g/mol. The van der Waals surface area contributed by atoms with Crippen molar-refractivity contribution in [1.29, 1.82) is 0 Å². The SMILES string of the molecule is CNCCO[C@H]1CCN(c2nccc(Nc3cc4c(C(C)C)ccc(N5C[C@H](CS(C)(=O)=O)[C@H]5C)c4cn3)n2)C[C@H]1F. The van der Waals surface area contributed by atoms with E-state index >= 15 is 0 Å². The molecule has 1 aromatic carbocycles. The van der Waals surface area contributed by atoms with Crippen LogP contribution < -0.4 is 20.4 Å². The van der Waals surface area contributed by atoms with Crippen molar-refractivity contribution < 1.29 is 17.5 Å². The highest BCUT2D eigenvalue weighted by Gasteiger charge is 2.38. The summed E-state index contributed by atoms with van der Waals surface area (Å²) in [5.74, 6) is 2.32. The lowest BCUT2D eigenvalue weighted by molar-refractivity contribution is -0.0109. The molecule has 0 bridgehead atoms. The van der Waals surface area contributed by atoms with E-state index in [4.69, 9.17) is 9.72 Å². The first-order valence-electron chi connectivity index (χ1n) is 14.7. The molecule has 12 heteroatoms. The number of rotatable bonds is 11. The largest absolute Gasteiger partial charge is 0.374 e. The average Bonchev–Trinajstić information content (AvgIpc) is 2.95. The highest BCUT2D eigenvalue weighted by Crippen LogP contribution is 2.39. The molecular weight excluding hydrogens is 557 g/mol. The normalized spacial score (nSPS) is 22.9. The Morgan fingerprint density at radius 1 is 1.14 bits per heavy atom. The van der Waals surface area contributed by atoms with Gasteiger partial charge < -0.3 is 25.2 Å². The molecule has 4 heterocycles. The number of hydrogen-bond donors (Lipinski definition) is 2. The van der Waals surface area contributed by atoms with Crippen molar-refractivity contribution in [2.45, 2.75) is 51.4 Å². The minimum atomic E-state index is -3.03. The van der Waals surface area contributed by atoms with Crippen LogP contribution in [-0.4, -0.2) is 93.5 Å². The first-order valence-corrected chi connectivity index (χ1v) is 16.7. The molecule has 0 radical (unpaired) electrons. The molecule has 4 atom stereocenters. The van der Waals surface area contributed by atoms with Crippen LogP contribution in [0.3, 0.4) is 0 Å². The van der Waals surface area contributed by atoms with Crippen molar-refractivity contribution in [1.82, 2.24) is 20.3 Å². The second kappa shape index (κ2) is 12.6. The Bertz CT molecular complexity index is 1510. The molecule has 2 aliphatic rings. The van der Waals surface area contributed by atoms with Crippen LogP contribution in [0, 0.1) is 5.92 Å². The third-order valence-corrected chi connectivity index (χ3v) is 9.35. The molecule has 2 saturated heterocycles. The van der Waals surface area contributed by atoms with Gasteiger partial charge in [-0.05, 0) is 55.5 Å². The summed E-state index contributed by atoms with van der Waals surface area (Å²) in [5.41, 5.74) is 2.27.